The molecule has 0 saturated carbocycles. The van der Waals surface area contributed by atoms with Gasteiger partial charge in [-0.2, -0.15) is 5.26 Å². The maximum absolute atomic E-state index is 12.7. The molecule has 1 atom stereocenters. The summed E-state index contributed by atoms with van der Waals surface area (Å²) in [6, 6.07) is 24.8. The lowest BCUT2D eigenvalue weighted by atomic mass is 10.0. The van der Waals surface area contributed by atoms with Gasteiger partial charge in [0, 0.05) is 5.69 Å². The summed E-state index contributed by atoms with van der Waals surface area (Å²) >= 11 is 6.14. The minimum absolute atomic E-state index is 0.0557. The standard InChI is InChI=1S/C24H20ClN3O2/c25-21-9-5-4-8-20(21)24(30)28-22(18-6-2-1-3-7-18)16-23(29)27-19-12-10-17(11-13-19)14-15-26/h1-13,22H,14,16H2,(H,27,29)(H,28,30). The van der Waals surface area contributed by atoms with Crippen LogP contribution in [-0.4, -0.2) is 11.8 Å². The maximum Gasteiger partial charge on any atom is 0.253 e. The van der Waals surface area contributed by atoms with Crippen molar-refractivity contribution in [2.45, 2.75) is 18.9 Å². The number of anilines is 1. The van der Waals surface area contributed by atoms with E-state index in [-0.39, 0.29) is 18.2 Å². The average molecular weight is 418 g/mol. The number of nitrogens with one attached hydrogen (secondary N) is 2. The highest BCUT2D eigenvalue weighted by molar-refractivity contribution is 6.33. The van der Waals surface area contributed by atoms with Crippen LogP contribution in [0.1, 0.15) is 33.9 Å². The van der Waals surface area contributed by atoms with Crippen molar-refractivity contribution in [2.75, 3.05) is 5.32 Å². The second-order valence-corrected chi connectivity index (χ2v) is 7.11. The van der Waals surface area contributed by atoms with Gasteiger partial charge in [-0.05, 0) is 35.4 Å². The van der Waals surface area contributed by atoms with E-state index in [1.807, 2.05) is 30.3 Å². The molecule has 0 radical (unpaired) electrons. The molecule has 0 aliphatic heterocycles. The highest BCUT2D eigenvalue weighted by atomic mass is 35.5. The van der Waals surface area contributed by atoms with Crippen molar-refractivity contribution >= 4 is 29.1 Å². The van der Waals surface area contributed by atoms with Crippen molar-refractivity contribution in [3.63, 3.8) is 0 Å². The van der Waals surface area contributed by atoms with E-state index in [9.17, 15) is 9.59 Å². The SMILES string of the molecule is N#CCc1ccc(NC(=O)CC(NC(=O)c2ccccc2Cl)c2ccccc2)cc1. The fourth-order valence-corrected chi connectivity index (χ4v) is 3.24. The molecule has 0 fully saturated rings. The van der Waals surface area contributed by atoms with Gasteiger partial charge in [0.1, 0.15) is 0 Å². The number of halogens is 1. The molecular weight excluding hydrogens is 398 g/mol. The van der Waals surface area contributed by atoms with E-state index in [1.54, 1.807) is 48.5 Å². The Bertz CT molecular complexity index is 1060. The van der Waals surface area contributed by atoms with E-state index in [1.165, 1.54) is 0 Å². The Balaban J connectivity index is 1.73. The maximum atomic E-state index is 12.7. The summed E-state index contributed by atoms with van der Waals surface area (Å²) in [5, 5.41) is 14.9. The third kappa shape index (κ3) is 5.69. The van der Waals surface area contributed by atoms with E-state index in [0.717, 1.165) is 11.1 Å². The topological polar surface area (TPSA) is 82.0 Å². The zero-order valence-corrected chi connectivity index (χ0v) is 16.9. The van der Waals surface area contributed by atoms with Gasteiger partial charge in [-0.3, -0.25) is 9.59 Å². The fraction of sp³-hybridized carbons (Fsp3) is 0.125. The number of hydrogen-bond donors (Lipinski definition) is 2. The normalized spacial score (nSPS) is 11.2. The second-order valence-electron chi connectivity index (χ2n) is 6.70. The minimum atomic E-state index is -0.521. The molecule has 3 aromatic carbocycles. The van der Waals surface area contributed by atoms with Crippen molar-refractivity contribution < 1.29 is 9.59 Å². The Hall–Kier alpha value is -3.62. The number of nitriles is 1. The van der Waals surface area contributed by atoms with Crippen LogP contribution in [0.4, 0.5) is 5.69 Å². The molecule has 0 spiro atoms. The third-order valence-electron chi connectivity index (χ3n) is 4.54. The van der Waals surface area contributed by atoms with Crippen LogP contribution in [-0.2, 0) is 11.2 Å². The number of carbonyl (C=O) groups is 2. The number of benzene rings is 3. The van der Waals surface area contributed by atoms with Crippen LogP contribution in [0.2, 0.25) is 5.02 Å². The Morgan fingerprint density at radius 3 is 2.27 bits per heavy atom. The first kappa shape index (κ1) is 21.1. The van der Waals surface area contributed by atoms with Crippen LogP contribution >= 0.6 is 11.6 Å². The molecule has 2 N–H and O–H groups in total. The first-order chi connectivity index (χ1) is 14.6. The van der Waals surface area contributed by atoms with Gasteiger partial charge in [0.05, 0.1) is 35.5 Å². The van der Waals surface area contributed by atoms with E-state index in [2.05, 4.69) is 16.7 Å². The van der Waals surface area contributed by atoms with Crippen LogP contribution in [0, 0.1) is 11.3 Å². The van der Waals surface area contributed by atoms with Crippen molar-refractivity contribution in [3.05, 3.63) is 101 Å². The molecule has 30 heavy (non-hydrogen) atoms. The van der Waals surface area contributed by atoms with Crippen LogP contribution in [0.3, 0.4) is 0 Å². The van der Waals surface area contributed by atoms with Gasteiger partial charge in [0.15, 0.2) is 0 Å². The summed E-state index contributed by atoms with van der Waals surface area (Å²) in [7, 11) is 0. The lowest BCUT2D eigenvalue weighted by Crippen LogP contribution is -2.31. The molecule has 1 unspecified atom stereocenters. The molecule has 3 aromatic rings. The number of carbonyl (C=O) groups excluding carboxylic acids is 2. The quantitative estimate of drug-likeness (QED) is 0.573. The van der Waals surface area contributed by atoms with Crippen LogP contribution in [0.25, 0.3) is 0 Å². The lowest BCUT2D eigenvalue weighted by Gasteiger charge is -2.19. The monoisotopic (exact) mass is 417 g/mol. The minimum Gasteiger partial charge on any atom is -0.345 e. The smallest absolute Gasteiger partial charge is 0.253 e. The second kappa shape index (κ2) is 10.2. The highest BCUT2D eigenvalue weighted by Crippen LogP contribution is 2.21. The van der Waals surface area contributed by atoms with Gasteiger partial charge in [-0.15, -0.1) is 0 Å². The largest absolute Gasteiger partial charge is 0.345 e. The lowest BCUT2D eigenvalue weighted by molar-refractivity contribution is -0.116. The van der Waals surface area contributed by atoms with E-state index >= 15 is 0 Å². The number of amides is 2. The van der Waals surface area contributed by atoms with Crippen molar-refractivity contribution in [3.8, 4) is 6.07 Å². The summed E-state index contributed by atoms with van der Waals surface area (Å²) < 4.78 is 0. The Morgan fingerprint density at radius 2 is 1.60 bits per heavy atom. The molecule has 0 aliphatic carbocycles. The van der Waals surface area contributed by atoms with E-state index < -0.39 is 6.04 Å². The molecule has 150 valence electrons. The molecule has 6 heteroatoms. The average Bonchev–Trinajstić information content (AvgIpc) is 2.75. The van der Waals surface area contributed by atoms with E-state index in [4.69, 9.17) is 16.9 Å². The molecule has 0 bridgehead atoms. The van der Waals surface area contributed by atoms with Crippen molar-refractivity contribution in [2.24, 2.45) is 0 Å². The summed E-state index contributed by atoms with van der Waals surface area (Å²) in [6.07, 6.45) is 0.374. The predicted molar refractivity (Wildman–Crippen MR) is 117 cm³/mol. The van der Waals surface area contributed by atoms with Gasteiger partial charge in [0.2, 0.25) is 5.91 Å². The van der Waals surface area contributed by atoms with Crippen molar-refractivity contribution in [1.82, 2.24) is 5.32 Å². The Kier molecular flexibility index (Phi) is 7.20. The molecule has 3 rings (SSSR count). The molecular formula is C24H20ClN3O2. The van der Waals surface area contributed by atoms with Crippen LogP contribution < -0.4 is 10.6 Å². The van der Waals surface area contributed by atoms with Gasteiger partial charge in [-0.1, -0.05) is 66.2 Å². The Morgan fingerprint density at radius 1 is 0.933 bits per heavy atom. The molecule has 5 nitrogen and oxygen atoms in total. The Labute approximate surface area is 180 Å². The zero-order chi connectivity index (χ0) is 21.3. The number of hydrogen-bond acceptors (Lipinski definition) is 3. The highest BCUT2D eigenvalue weighted by Gasteiger charge is 2.20. The summed E-state index contributed by atoms with van der Waals surface area (Å²) in [6.45, 7) is 0. The summed E-state index contributed by atoms with van der Waals surface area (Å²) in [5.41, 5.74) is 2.68. The molecule has 0 aromatic heterocycles. The molecule has 2 amide bonds. The third-order valence-corrected chi connectivity index (χ3v) is 4.87. The predicted octanol–water partition coefficient (Wildman–Crippen LogP) is 4.91. The van der Waals surface area contributed by atoms with Crippen molar-refractivity contribution in [1.29, 1.82) is 5.26 Å². The first-order valence-electron chi connectivity index (χ1n) is 9.43. The van der Waals surface area contributed by atoms with Gasteiger partial charge in [0.25, 0.3) is 5.91 Å². The van der Waals surface area contributed by atoms with Gasteiger partial charge in [-0.25, -0.2) is 0 Å². The summed E-state index contributed by atoms with van der Waals surface area (Å²) in [4.78, 5) is 25.4. The zero-order valence-electron chi connectivity index (χ0n) is 16.1. The van der Waals surface area contributed by atoms with Crippen LogP contribution in [0.5, 0.6) is 0 Å². The first-order valence-corrected chi connectivity index (χ1v) is 9.80. The van der Waals surface area contributed by atoms with Gasteiger partial charge >= 0.3 is 0 Å². The number of rotatable bonds is 7. The summed E-state index contributed by atoms with van der Waals surface area (Å²) in [5.74, 6) is -0.584. The fourth-order valence-electron chi connectivity index (χ4n) is 3.01. The van der Waals surface area contributed by atoms with Crippen LogP contribution in [0.15, 0.2) is 78.9 Å². The molecule has 0 heterocycles. The molecule has 0 aliphatic rings. The molecule has 0 saturated heterocycles. The van der Waals surface area contributed by atoms with E-state index in [0.29, 0.717) is 22.7 Å². The van der Waals surface area contributed by atoms with Gasteiger partial charge < -0.3 is 10.6 Å². The number of nitrogens with zero attached hydrogens (tertiary/aromatic N) is 1.